The number of esters is 1. The summed E-state index contributed by atoms with van der Waals surface area (Å²) in [4.78, 5) is 24.2. The van der Waals surface area contributed by atoms with Gasteiger partial charge in [0.25, 0.3) is 5.91 Å². The van der Waals surface area contributed by atoms with Gasteiger partial charge in [-0.25, -0.2) is 13.2 Å². The van der Waals surface area contributed by atoms with Crippen LogP contribution in [-0.4, -0.2) is 33.2 Å². The molecule has 9 heteroatoms. The minimum Gasteiger partial charge on any atom is -0.462 e. The number of rotatable bonds is 6. The lowest BCUT2D eigenvalue weighted by molar-refractivity contribution is 0.0526. The maximum atomic E-state index is 12.5. The summed E-state index contributed by atoms with van der Waals surface area (Å²) in [6.07, 6.45) is 0.996. The van der Waals surface area contributed by atoms with Crippen LogP contribution in [0.5, 0.6) is 0 Å². The SMILES string of the molecule is CCOC(=O)c1ccc(NC(=O)c2ccccc2NS(C)(=O)=O)cc1Cl. The second-order valence-corrected chi connectivity index (χ2v) is 7.44. The number of amides is 1. The largest absolute Gasteiger partial charge is 0.462 e. The molecule has 0 radical (unpaired) electrons. The molecule has 138 valence electrons. The first kappa shape index (κ1) is 19.7. The maximum Gasteiger partial charge on any atom is 0.339 e. The van der Waals surface area contributed by atoms with Crippen molar-refractivity contribution >= 4 is 44.9 Å². The Morgan fingerprint density at radius 1 is 1.12 bits per heavy atom. The van der Waals surface area contributed by atoms with E-state index in [1.807, 2.05) is 0 Å². The number of hydrogen-bond acceptors (Lipinski definition) is 5. The highest BCUT2D eigenvalue weighted by molar-refractivity contribution is 7.92. The lowest BCUT2D eigenvalue weighted by Gasteiger charge is -2.12. The molecule has 0 bridgehead atoms. The third-order valence-electron chi connectivity index (χ3n) is 3.19. The quantitative estimate of drug-likeness (QED) is 0.730. The Morgan fingerprint density at radius 3 is 2.42 bits per heavy atom. The zero-order valence-corrected chi connectivity index (χ0v) is 15.6. The van der Waals surface area contributed by atoms with Crippen molar-refractivity contribution in [2.75, 3.05) is 22.9 Å². The molecule has 7 nitrogen and oxygen atoms in total. The molecule has 2 aromatic carbocycles. The van der Waals surface area contributed by atoms with Crippen LogP contribution in [0.25, 0.3) is 0 Å². The number of para-hydroxylation sites is 1. The summed E-state index contributed by atoms with van der Waals surface area (Å²) in [5, 5.41) is 2.74. The zero-order valence-electron chi connectivity index (χ0n) is 14.1. The average Bonchev–Trinajstić information content (AvgIpc) is 2.54. The third-order valence-corrected chi connectivity index (χ3v) is 4.09. The van der Waals surface area contributed by atoms with Crippen LogP contribution in [-0.2, 0) is 14.8 Å². The van der Waals surface area contributed by atoms with Gasteiger partial charge in [0.15, 0.2) is 0 Å². The molecule has 0 aromatic heterocycles. The fourth-order valence-corrected chi connectivity index (χ4v) is 2.97. The van der Waals surface area contributed by atoms with E-state index in [1.54, 1.807) is 19.1 Å². The highest BCUT2D eigenvalue weighted by atomic mass is 35.5. The van der Waals surface area contributed by atoms with Crippen LogP contribution < -0.4 is 10.0 Å². The topological polar surface area (TPSA) is 102 Å². The van der Waals surface area contributed by atoms with E-state index in [0.717, 1.165) is 6.26 Å². The number of carbonyl (C=O) groups is 2. The summed E-state index contributed by atoms with van der Waals surface area (Å²) >= 11 is 6.06. The second-order valence-electron chi connectivity index (χ2n) is 5.29. The predicted octanol–water partition coefficient (Wildman–Crippen LogP) is 3.14. The maximum absolute atomic E-state index is 12.5. The molecule has 0 aliphatic rings. The number of ether oxygens (including phenoxy) is 1. The predicted molar refractivity (Wildman–Crippen MR) is 100 cm³/mol. The smallest absolute Gasteiger partial charge is 0.339 e. The van der Waals surface area contributed by atoms with Crippen molar-refractivity contribution < 1.29 is 22.7 Å². The van der Waals surface area contributed by atoms with Gasteiger partial charge in [-0.2, -0.15) is 0 Å². The molecule has 26 heavy (non-hydrogen) atoms. The molecule has 0 heterocycles. The molecule has 0 aliphatic heterocycles. The number of carbonyl (C=O) groups excluding carboxylic acids is 2. The van der Waals surface area contributed by atoms with Gasteiger partial charge in [-0.1, -0.05) is 23.7 Å². The Morgan fingerprint density at radius 2 is 1.81 bits per heavy atom. The van der Waals surface area contributed by atoms with Gasteiger partial charge in [0, 0.05) is 5.69 Å². The standard InChI is InChI=1S/C17H17ClN2O5S/c1-3-25-17(22)12-9-8-11(10-14(12)18)19-16(21)13-6-4-5-7-15(13)20-26(2,23)24/h4-10,20H,3H2,1-2H3,(H,19,21). The Balaban J connectivity index is 2.23. The summed E-state index contributed by atoms with van der Waals surface area (Å²) in [7, 11) is -3.54. The van der Waals surface area contributed by atoms with Crippen LogP contribution in [0.2, 0.25) is 5.02 Å². The van der Waals surface area contributed by atoms with Crippen molar-refractivity contribution in [2.45, 2.75) is 6.92 Å². The van der Waals surface area contributed by atoms with Gasteiger partial charge >= 0.3 is 5.97 Å². The van der Waals surface area contributed by atoms with Crippen molar-refractivity contribution in [3.8, 4) is 0 Å². The molecular formula is C17H17ClN2O5S. The fraction of sp³-hybridized carbons (Fsp3) is 0.176. The molecule has 0 saturated carbocycles. The minimum absolute atomic E-state index is 0.129. The summed E-state index contributed by atoms with van der Waals surface area (Å²) in [5.74, 6) is -1.09. The Bertz CT molecular complexity index is 944. The minimum atomic E-state index is -3.54. The number of anilines is 2. The van der Waals surface area contributed by atoms with Crippen LogP contribution in [0.3, 0.4) is 0 Å². The molecule has 2 rings (SSSR count). The van der Waals surface area contributed by atoms with Gasteiger partial charge in [-0.15, -0.1) is 0 Å². The van der Waals surface area contributed by atoms with Crippen LogP contribution in [0, 0.1) is 0 Å². The van der Waals surface area contributed by atoms with Crippen LogP contribution in [0.4, 0.5) is 11.4 Å². The van der Waals surface area contributed by atoms with Gasteiger partial charge in [0.2, 0.25) is 10.0 Å². The number of sulfonamides is 1. The number of nitrogens with one attached hydrogen (secondary N) is 2. The highest BCUT2D eigenvalue weighted by Gasteiger charge is 2.16. The van der Waals surface area contributed by atoms with Crippen molar-refractivity contribution in [2.24, 2.45) is 0 Å². The van der Waals surface area contributed by atoms with E-state index in [-0.39, 0.29) is 28.4 Å². The molecule has 0 spiro atoms. The van der Waals surface area contributed by atoms with Gasteiger partial charge in [0.1, 0.15) is 0 Å². The Hall–Kier alpha value is -2.58. The van der Waals surface area contributed by atoms with Gasteiger partial charge in [0.05, 0.1) is 34.7 Å². The number of benzene rings is 2. The van der Waals surface area contributed by atoms with Crippen LogP contribution in [0.15, 0.2) is 42.5 Å². The van der Waals surface area contributed by atoms with E-state index in [2.05, 4.69) is 10.0 Å². The molecular weight excluding hydrogens is 380 g/mol. The molecule has 0 atom stereocenters. The van der Waals surface area contributed by atoms with Crippen molar-refractivity contribution in [1.29, 1.82) is 0 Å². The fourth-order valence-electron chi connectivity index (χ4n) is 2.14. The Kier molecular flexibility index (Phi) is 6.23. The molecule has 0 saturated heterocycles. The van der Waals surface area contributed by atoms with Crippen molar-refractivity contribution in [3.63, 3.8) is 0 Å². The van der Waals surface area contributed by atoms with Crippen molar-refractivity contribution in [1.82, 2.24) is 0 Å². The molecule has 0 aliphatic carbocycles. The van der Waals surface area contributed by atoms with Crippen molar-refractivity contribution in [3.05, 3.63) is 58.6 Å². The van der Waals surface area contributed by atoms with Gasteiger partial charge in [-0.05, 0) is 37.3 Å². The van der Waals surface area contributed by atoms with Gasteiger partial charge < -0.3 is 10.1 Å². The highest BCUT2D eigenvalue weighted by Crippen LogP contribution is 2.23. The van der Waals surface area contributed by atoms with E-state index in [1.165, 1.54) is 30.3 Å². The van der Waals surface area contributed by atoms with E-state index < -0.39 is 21.9 Å². The normalized spacial score (nSPS) is 10.9. The second kappa shape index (κ2) is 8.20. The summed E-state index contributed by atoms with van der Waals surface area (Å²) < 4.78 is 30.0. The van der Waals surface area contributed by atoms with E-state index in [4.69, 9.17) is 16.3 Å². The number of hydrogen-bond donors (Lipinski definition) is 2. The molecule has 0 unspecified atom stereocenters. The van der Waals surface area contributed by atoms with Gasteiger partial charge in [-0.3, -0.25) is 9.52 Å². The molecule has 2 aromatic rings. The summed E-state index contributed by atoms with van der Waals surface area (Å²) in [6.45, 7) is 1.90. The van der Waals surface area contributed by atoms with E-state index >= 15 is 0 Å². The molecule has 2 N–H and O–H groups in total. The molecule has 1 amide bonds. The lowest BCUT2D eigenvalue weighted by atomic mass is 10.1. The average molecular weight is 397 g/mol. The first-order valence-corrected chi connectivity index (χ1v) is 9.83. The number of halogens is 1. The first-order chi connectivity index (χ1) is 12.2. The molecule has 0 fully saturated rings. The third kappa shape index (κ3) is 5.21. The summed E-state index contributed by atoms with van der Waals surface area (Å²) in [5.41, 5.74) is 0.832. The zero-order chi connectivity index (χ0) is 19.3. The first-order valence-electron chi connectivity index (χ1n) is 7.56. The van der Waals surface area contributed by atoms with E-state index in [9.17, 15) is 18.0 Å². The monoisotopic (exact) mass is 396 g/mol. The lowest BCUT2D eigenvalue weighted by Crippen LogP contribution is -2.17. The summed E-state index contributed by atoms with van der Waals surface area (Å²) in [6, 6.07) is 10.5. The Labute approximate surface area is 156 Å². The van der Waals surface area contributed by atoms with Crippen LogP contribution >= 0.6 is 11.6 Å². The van der Waals surface area contributed by atoms with E-state index in [0.29, 0.717) is 5.69 Å². The van der Waals surface area contributed by atoms with Crippen LogP contribution in [0.1, 0.15) is 27.6 Å².